The molecular weight excluding hydrogens is 316 g/mol. The molecule has 0 aliphatic carbocycles. The van der Waals surface area contributed by atoms with E-state index in [2.05, 4.69) is 15.9 Å². The molecule has 2 rings (SSSR count). The Kier molecular flexibility index (Phi) is 4.45. The van der Waals surface area contributed by atoms with Gasteiger partial charge < -0.3 is 10.6 Å². The van der Waals surface area contributed by atoms with Gasteiger partial charge in [-0.1, -0.05) is 15.9 Å². The number of carbonyl (C=O) groups excluding carboxylic acids is 1. The fraction of sp³-hybridized carbons (Fsp3) is 0.188. The molecule has 0 fully saturated rings. The van der Waals surface area contributed by atoms with Crippen LogP contribution in [0.1, 0.15) is 22.8 Å². The highest BCUT2D eigenvalue weighted by Crippen LogP contribution is 2.22. The summed E-state index contributed by atoms with van der Waals surface area (Å²) in [5.74, 6) is 0.00210. The van der Waals surface area contributed by atoms with Crippen LogP contribution in [0, 0.1) is 6.92 Å². The first-order valence-electron chi connectivity index (χ1n) is 6.46. The van der Waals surface area contributed by atoms with E-state index >= 15 is 0 Å². The van der Waals surface area contributed by atoms with Gasteiger partial charge in [-0.2, -0.15) is 0 Å². The van der Waals surface area contributed by atoms with Gasteiger partial charge >= 0.3 is 0 Å². The predicted octanol–water partition coefficient (Wildman–Crippen LogP) is 4.01. The molecule has 0 bridgehead atoms. The lowest BCUT2D eigenvalue weighted by atomic mass is 10.1. The van der Waals surface area contributed by atoms with Gasteiger partial charge in [0.2, 0.25) is 0 Å². The Bertz CT molecular complexity index is 623. The highest BCUT2D eigenvalue weighted by Gasteiger charge is 2.17. The van der Waals surface area contributed by atoms with Crippen molar-refractivity contribution in [2.75, 3.05) is 17.2 Å². The molecule has 1 amide bonds. The summed E-state index contributed by atoms with van der Waals surface area (Å²) in [6, 6.07) is 13.0. The standard InChI is InChI=1S/C16H17BrN2O/c1-3-19(14-7-5-13(18)6-8-14)16(20)15-9-4-12(17)10-11(15)2/h4-10H,3,18H2,1-2H3. The minimum absolute atomic E-state index is 0.00210. The van der Waals surface area contributed by atoms with Gasteiger partial charge in [-0.05, 0) is 61.9 Å². The number of halogens is 1. The third-order valence-corrected chi connectivity index (χ3v) is 3.68. The Labute approximate surface area is 127 Å². The highest BCUT2D eigenvalue weighted by molar-refractivity contribution is 9.10. The molecule has 2 aromatic carbocycles. The van der Waals surface area contributed by atoms with Gasteiger partial charge in [-0.15, -0.1) is 0 Å². The van der Waals surface area contributed by atoms with E-state index in [0.717, 1.165) is 15.7 Å². The van der Waals surface area contributed by atoms with Crippen LogP contribution in [0.5, 0.6) is 0 Å². The molecule has 2 aromatic rings. The summed E-state index contributed by atoms with van der Waals surface area (Å²) < 4.78 is 0.974. The average Bonchev–Trinajstić information content (AvgIpc) is 2.41. The van der Waals surface area contributed by atoms with Crippen LogP contribution < -0.4 is 10.6 Å². The first-order chi connectivity index (χ1) is 9.52. The molecule has 3 nitrogen and oxygen atoms in total. The summed E-state index contributed by atoms with van der Waals surface area (Å²) in [5, 5.41) is 0. The molecule has 0 radical (unpaired) electrons. The van der Waals surface area contributed by atoms with Crippen LogP contribution in [0.4, 0.5) is 11.4 Å². The Balaban J connectivity index is 2.36. The Morgan fingerprint density at radius 2 is 1.85 bits per heavy atom. The number of amides is 1. The quantitative estimate of drug-likeness (QED) is 0.863. The van der Waals surface area contributed by atoms with E-state index in [-0.39, 0.29) is 5.91 Å². The first-order valence-corrected chi connectivity index (χ1v) is 7.25. The molecule has 0 atom stereocenters. The first kappa shape index (κ1) is 14.6. The van der Waals surface area contributed by atoms with Crippen molar-refractivity contribution in [1.82, 2.24) is 0 Å². The Morgan fingerprint density at radius 3 is 2.40 bits per heavy atom. The van der Waals surface area contributed by atoms with Crippen LogP contribution in [0.15, 0.2) is 46.9 Å². The zero-order valence-corrected chi connectivity index (χ0v) is 13.1. The van der Waals surface area contributed by atoms with E-state index in [1.54, 1.807) is 17.0 Å². The summed E-state index contributed by atoms with van der Waals surface area (Å²) in [4.78, 5) is 14.4. The molecule has 0 heterocycles. The minimum Gasteiger partial charge on any atom is -0.399 e. The van der Waals surface area contributed by atoms with Gasteiger partial charge in [0.15, 0.2) is 0 Å². The number of hydrogen-bond donors (Lipinski definition) is 1. The lowest BCUT2D eigenvalue weighted by Crippen LogP contribution is -2.31. The SMILES string of the molecule is CCN(C(=O)c1ccc(Br)cc1C)c1ccc(N)cc1. The van der Waals surface area contributed by atoms with Gasteiger partial charge in [-0.3, -0.25) is 4.79 Å². The maximum absolute atomic E-state index is 12.7. The third-order valence-electron chi connectivity index (χ3n) is 3.19. The van der Waals surface area contributed by atoms with E-state index < -0.39 is 0 Å². The number of rotatable bonds is 3. The van der Waals surface area contributed by atoms with Crippen molar-refractivity contribution in [1.29, 1.82) is 0 Å². The van der Waals surface area contributed by atoms with Crippen LogP contribution in [-0.2, 0) is 0 Å². The molecule has 104 valence electrons. The van der Waals surface area contributed by atoms with Crippen LogP contribution in [0.25, 0.3) is 0 Å². The van der Waals surface area contributed by atoms with Crippen LogP contribution in [-0.4, -0.2) is 12.5 Å². The van der Waals surface area contributed by atoms with E-state index in [9.17, 15) is 4.79 Å². The fourth-order valence-corrected chi connectivity index (χ4v) is 2.59. The second-order valence-electron chi connectivity index (χ2n) is 4.60. The molecule has 4 heteroatoms. The normalized spacial score (nSPS) is 10.3. The molecule has 2 N–H and O–H groups in total. The largest absolute Gasteiger partial charge is 0.399 e. The summed E-state index contributed by atoms with van der Waals surface area (Å²) in [5.41, 5.74) is 8.91. The Morgan fingerprint density at radius 1 is 1.20 bits per heavy atom. The summed E-state index contributed by atoms with van der Waals surface area (Å²) in [6.45, 7) is 4.51. The molecule has 0 aliphatic heterocycles. The van der Waals surface area contributed by atoms with Crippen molar-refractivity contribution < 1.29 is 4.79 Å². The molecule has 0 aliphatic rings. The number of carbonyl (C=O) groups is 1. The minimum atomic E-state index is 0.00210. The van der Waals surface area contributed by atoms with E-state index in [1.165, 1.54) is 0 Å². The maximum Gasteiger partial charge on any atom is 0.258 e. The number of nitrogens with two attached hydrogens (primary N) is 1. The maximum atomic E-state index is 12.7. The third kappa shape index (κ3) is 3.02. The van der Waals surface area contributed by atoms with Crippen molar-refractivity contribution in [3.05, 3.63) is 58.1 Å². The molecule has 20 heavy (non-hydrogen) atoms. The summed E-state index contributed by atoms with van der Waals surface area (Å²) in [6.07, 6.45) is 0. The van der Waals surface area contributed by atoms with Gasteiger partial charge in [0.25, 0.3) is 5.91 Å². The lowest BCUT2D eigenvalue weighted by Gasteiger charge is -2.22. The lowest BCUT2D eigenvalue weighted by molar-refractivity contribution is 0.0987. The van der Waals surface area contributed by atoms with Crippen molar-refractivity contribution >= 4 is 33.2 Å². The molecule has 0 spiro atoms. The number of anilines is 2. The van der Waals surface area contributed by atoms with Crippen molar-refractivity contribution in [2.45, 2.75) is 13.8 Å². The Hall–Kier alpha value is -1.81. The van der Waals surface area contributed by atoms with Crippen molar-refractivity contribution in [3.8, 4) is 0 Å². The smallest absolute Gasteiger partial charge is 0.258 e. The van der Waals surface area contributed by atoms with Gasteiger partial charge in [0, 0.05) is 28.0 Å². The fourth-order valence-electron chi connectivity index (χ4n) is 2.11. The van der Waals surface area contributed by atoms with Crippen molar-refractivity contribution in [2.24, 2.45) is 0 Å². The van der Waals surface area contributed by atoms with Gasteiger partial charge in [0.05, 0.1) is 0 Å². The monoisotopic (exact) mass is 332 g/mol. The molecule has 0 saturated carbocycles. The highest BCUT2D eigenvalue weighted by atomic mass is 79.9. The molecule has 0 unspecified atom stereocenters. The number of benzene rings is 2. The van der Waals surface area contributed by atoms with Gasteiger partial charge in [-0.25, -0.2) is 0 Å². The number of nitrogen functional groups attached to an aromatic ring is 1. The number of hydrogen-bond acceptors (Lipinski definition) is 2. The van der Waals surface area contributed by atoms with Crippen molar-refractivity contribution in [3.63, 3.8) is 0 Å². The zero-order valence-electron chi connectivity index (χ0n) is 11.6. The van der Waals surface area contributed by atoms with Crippen LogP contribution >= 0.6 is 15.9 Å². The van der Waals surface area contributed by atoms with Gasteiger partial charge in [0.1, 0.15) is 0 Å². The number of aryl methyl sites for hydroxylation is 1. The van der Waals surface area contributed by atoms with Crippen LogP contribution in [0.3, 0.4) is 0 Å². The summed E-state index contributed by atoms with van der Waals surface area (Å²) >= 11 is 3.41. The van der Waals surface area contributed by atoms with E-state index in [4.69, 9.17) is 5.73 Å². The van der Waals surface area contributed by atoms with E-state index in [1.807, 2.05) is 44.2 Å². The average molecular weight is 333 g/mol. The molecule has 0 aromatic heterocycles. The van der Waals surface area contributed by atoms with Crippen LogP contribution in [0.2, 0.25) is 0 Å². The second-order valence-corrected chi connectivity index (χ2v) is 5.52. The molecular formula is C16H17BrN2O. The summed E-state index contributed by atoms with van der Waals surface area (Å²) in [7, 11) is 0. The zero-order chi connectivity index (χ0) is 14.7. The predicted molar refractivity (Wildman–Crippen MR) is 87.1 cm³/mol. The topological polar surface area (TPSA) is 46.3 Å². The second kappa shape index (κ2) is 6.09. The number of nitrogens with zero attached hydrogens (tertiary/aromatic N) is 1. The van der Waals surface area contributed by atoms with E-state index in [0.29, 0.717) is 17.8 Å². The molecule has 0 saturated heterocycles.